The third kappa shape index (κ3) is 13.7. The van der Waals surface area contributed by atoms with E-state index in [9.17, 15) is 0 Å². The largest absolute Gasteiger partial charge is 0.303 e. The SMILES string of the molecule is ClCCCCSc1nsnc1C1CN2CCCCCCCCCCCCCCCCCCCCCC1CC2. The van der Waals surface area contributed by atoms with Crippen LogP contribution in [0.5, 0.6) is 0 Å². The first-order valence-corrected chi connectivity index (χ1v) is 18.9. The van der Waals surface area contributed by atoms with Gasteiger partial charge in [0.15, 0.2) is 0 Å². The summed E-state index contributed by atoms with van der Waals surface area (Å²) in [7, 11) is 0. The lowest BCUT2D eigenvalue weighted by molar-refractivity contribution is 0.146. The molecule has 3 aliphatic heterocycles. The molecule has 4 heterocycles. The Hall–Kier alpha value is 0.160. The summed E-state index contributed by atoms with van der Waals surface area (Å²) >= 11 is 9.28. The van der Waals surface area contributed by atoms with E-state index in [0.717, 1.165) is 24.0 Å². The fourth-order valence-corrected chi connectivity index (χ4v) is 8.52. The third-order valence-corrected chi connectivity index (χ3v) is 11.0. The number of piperidine rings is 1. The smallest absolute Gasteiger partial charge is 0.134 e. The van der Waals surface area contributed by atoms with E-state index in [-0.39, 0.29) is 0 Å². The number of alkyl halides is 1. The van der Waals surface area contributed by atoms with E-state index in [1.54, 1.807) is 0 Å². The number of thioether (sulfide) groups is 1. The highest BCUT2D eigenvalue weighted by Crippen LogP contribution is 2.39. The van der Waals surface area contributed by atoms with Crippen molar-refractivity contribution in [1.82, 2.24) is 13.6 Å². The predicted molar refractivity (Wildman–Crippen MR) is 170 cm³/mol. The monoisotopic (exact) mass is 583 g/mol. The van der Waals surface area contributed by atoms with Crippen LogP contribution in [0.2, 0.25) is 0 Å². The van der Waals surface area contributed by atoms with Gasteiger partial charge >= 0.3 is 0 Å². The predicted octanol–water partition coefficient (Wildman–Crippen LogP) is 10.9. The molecule has 3 atom stereocenters. The number of hydrogen-bond acceptors (Lipinski definition) is 5. The van der Waals surface area contributed by atoms with Crippen molar-refractivity contribution < 1.29 is 0 Å². The van der Waals surface area contributed by atoms with Crippen LogP contribution in [0, 0.1) is 5.92 Å². The van der Waals surface area contributed by atoms with Crippen molar-refractivity contribution >= 4 is 35.1 Å². The van der Waals surface area contributed by atoms with Gasteiger partial charge in [-0.15, -0.1) is 23.4 Å². The zero-order valence-corrected chi connectivity index (χ0v) is 26.9. The second kappa shape index (κ2) is 21.8. The van der Waals surface area contributed by atoms with Crippen LogP contribution >= 0.6 is 35.1 Å². The zero-order chi connectivity index (χ0) is 26.5. The average molecular weight is 584 g/mol. The highest BCUT2D eigenvalue weighted by atomic mass is 35.5. The van der Waals surface area contributed by atoms with Crippen molar-refractivity contribution in [3.05, 3.63) is 5.69 Å². The van der Waals surface area contributed by atoms with Crippen molar-refractivity contribution in [2.24, 2.45) is 5.92 Å². The molecule has 3 fully saturated rings. The lowest BCUT2D eigenvalue weighted by atomic mass is 9.80. The van der Waals surface area contributed by atoms with E-state index < -0.39 is 0 Å². The molecule has 0 radical (unpaired) electrons. The van der Waals surface area contributed by atoms with E-state index in [0.29, 0.717) is 5.92 Å². The Morgan fingerprint density at radius 2 is 1.21 bits per heavy atom. The summed E-state index contributed by atoms with van der Waals surface area (Å²) in [6, 6.07) is 0. The van der Waals surface area contributed by atoms with Crippen LogP contribution in [0.15, 0.2) is 5.03 Å². The molecule has 1 aromatic heterocycles. The summed E-state index contributed by atoms with van der Waals surface area (Å²) in [5.41, 5.74) is 1.33. The summed E-state index contributed by atoms with van der Waals surface area (Å²) in [6.07, 6.45) is 32.5. The zero-order valence-electron chi connectivity index (χ0n) is 24.5. The number of fused-ring (bicyclic) bond motifs is 22. The van der Waals surface area contributed by atoms with Gasteiger partial charge in [-0.05, 0) is 56.9 Å². The van der Waals surface area contributed by atoms with Crippen LogP contribution < -0.4 is 0 Å². The minimum absolute atomic E-state index is 0.576. The molecule has 1 aromatic rings. The van der Waals surface area contributed by atoms with Gasteiger partial charge in [-0.1, -0.05) is 116 Å². The molecule has 6 heteroatoms. The van der Waals surface area contributed by atoms with Crippen LogP contribution in [0.25, 0.3) is 0 Å². The Morgan fingerprint density at radius 3 is 1.79 bits per heavy atom. The van der Waals surface area contributed by atoms with Gasteiger partial charge in [-0.3, -0.25) is 0 Å². The second-order valence-electron chi connectivity index (χ2n) is 12.2. The van der Waals surface area contributed by atoms with Gasteiger partial charge in [-0.25, -0.2) is 0 Å². The summed E-state index contributed by atoms with van der Waals surface area (Å²) in [5, 5.41) is 1.23. The highest BCUT2D eigenvalue weighted by molar-refractivity contribution is 7.99. The maximum atomic E-state index is 5.91. The minimum atomic E-state index is 0.576. The first-order chi connectivity index (χ1) is 18.9. The maximum absolute atomic E-state index is 5.91. The van der Waals surface area contributed by atoms with E-state index in [2.05, 4.69) is 4.90 Å². The number of hydrogen-bond donors (Lipinski definition) is 0. The molecular weight excluding hydrogens is 526 g/mol. The molecule has 3 aliphatic rings. The number of unbranched alkanes of at least 4 members (excludes halogenated alkanes) is 1. The summed E-state index contributed by atoms with van der Waals surface area (Å²) in [6.45, 7) is 3.77. The molecule has 0 amide bonds. The molecule has 220 valence electrons. The summed E-state index contributed by atoms with van der Waals surface area (Å²) in [5.74, 6) is 3.24. The number of aromatic nitrogens is 2. The Bertz CT molecular complexity index is 681. The Balaban J connectivity index is 1.51. The summed E-state index contributed by atoms with van der Waals surface area (Å²) < 4.78 is 9.69. The molecule has 38 heavy (non-hydrogen) atoms. The average Bonchev–Trinajstić information content (AvgIpc) is 3.40. The highest BCUT2D eigenvalue weighted by Gasteiger charge is 2.33. The Labute approximate surface area is 249 Å². The van der Waals surface area contributed by atoms with E-state index in [1.165, 1.54) is 183 Å². The maximum Gasteiger partial charge on any atom is 0.134 e. The first-order valence-electron chi connectivity index (χ1n) is 16.6. The first kappa shape index (κ1) is 32.7. The molecule has 3 unspecified atom stereocenters. The lowest BCUT2D eigenvalue weighted by Crippen LogP contribution is -2.40. The van der Waals surface area contributed by atoms with Crippen molar-refractivity contribution in [3.8, 4) is 0 Å². The molecule has 0 aromatic carbocycles. The second-order valence-corrected chi connectivity index (χ2v) is 14.2. The fraction of sp³-hybridized carbons (Fsp3) is 0.938. The van der Waals surface area contributed by atoms with Crippen LogP contribution in [-0.2, 0) is 0 Å². The van der Waals surface area contributed by atoms with Crippen molar-refractivity contribution in [2.45, 2.75) is 159 Å². The molecular formula is C32H58ClN3S2. The van der Waals surface area contributed by atoms with Gasteiger partial charge in [0.2, 0.25) is 0 Å². The van der Waals surface area contributed by atoms with E-state index in [4.69, 9.17) is 20.3 Å². The number of halogens is 1. The molecule has 2 bridgehead atoms. The standard InChI is InChI=1S/C32H58ClN3S2/c33-24-19-21-27-37-32-31(34-38-35-32)30-28-36-25-20-17-15-13-11-9-7-5-3-1-2-4-6-8-10-12-14-16-18-22-29(30)23-26-36/h29-30H,1-28H2. The van der Waals surface area contributed by atoms with Gasteiger partial charge < -0.3 is 4.90 Å². The quantitative estimate of drug-likeness (QED) is 0.189. The molecule has 4 rings (SSSR count). The number of nitrogens with zero attached hydrogens (tertiary/aromatic N) is 3. The van der Waals surface area contributed by atoms with Gasteiger partial charge in [0, 0.05) is 18.3 Å². The van der Waals surface area contributed by atoms with Gasteiger partial charge in [0.1, 0.15) is 5.03 Å². The number of rotatable bonds is 6. The molecule has 3 saturated heterocycles. The van der Waals surface area contributed by atoms with E-state index >= 15 is 0 Å². The lowest BCUT2D eigenvalue weighted by Gasteiger charge is -2.38. The van der Waals surface area contributed by atoms with Crippen LogP contribution in [0.4, 0.5) is 0 Å². The topological polar surface area (TPSA) is 29.0 Å². The van der Waals surface area contributed by atoms with Crippen molar-refractivity contribution in [2.75, 3.05) is 31.3 Å². The van der Waals surface area contributed by atoms with Crippen LogP contribution in [0.1, 0.15) is 159 Å². The van der Waals surface area contributed by atoms with Gasteiger partial charge in [-0.2, -0.15) is 8.75 Å². The normalized spacial score (nSPS) is 26.9. The minimum Gasteiger partial charge on any atom is -0.303 e. The Morgan fingerprint density at radius 1 is 0.658 bits per heavy atom. The van der Waals surface area contributed by atoms with E-state index in [1.807, 2.05) is 11.8 Å². The van der Waals surface area contributed by atoms with Crippen molar-refractivity contribution in [3.63, 3.8) is 0 Å². The third-order valence-electron chi connectivity index (χ3n) is 8.99. The van der Waals surface area contributed by atoms with Crippen LogP contribution in [0.3, 0.4) is 0 Å². The van der Waals surface area contributed by atoms with Crippen molar-refractivity contribution in [1.29, 1.82) is 0 Å². The molecule has 0 N–H and O–H groups in total. The molecule has 0 spiro atoms. The van der Waals surface area contributed by atoms with Gasteiger partial charge in [0.05, 0.1) is 17.4 Å². The van der Waals surface area contributed by atoms with Crippen LogP contribution in [-0.4, -0.2) is 44.9 Å². The summed E-state index contributed by atoms with van der Waals surface area (Å²) in [4.78, 5) is 2.77. The molecule has 3 nitrogen and oxygen atoms in total. The molecule has 0 aliphatic carbocycles. The molecule has 0 saturated carbocycles. The fourth-order valence-electron chi connectivity index (χ4n) is 6.55. The van der Waals surface area contributed by atoms with Gasteiger partial charge in [0.25, 0.3) is 0 Å². The Kier molecular flexibility index (Phi) is 18.8.